The fraction of sp³-hybridized carbons (Fsp3) is 0.304. The van der Waals surface area contributed by atoms with Gasteiger partial charge in [-0.1, -0.05) is 42.5 Å². The molecule has 0 aliphatic carbocycles. The Kier molecular flexibility index (Phi) is 4.56. The van der Waals surface area contributed by atoms with Gasteiger partial charge in [-0.05, 0) is 36.6 Å². The van der Waals surface area contributed by atoms with Crippen molar-refractivity contribution in [1.82, 2.24) is 15.1 Å². The van der Waals surface area contributed by atoms with E-state index in [4.69, 9.17) is 5.73 Å². The normalized spacial score (nSPS) is 21.4. The van der Waals surface area contributed by atoms with E-state index in [2.05, 4.69) is 50.3 Å². The predicted octanol–water partition coefficient (Wildman–Crippen LogP) is 3.28. The first-order valence-corrected chi connectivity index (χ1v) is 10.2. The molecule has 3 heterocycles. The number of rotatable bonds is 4. The van der Waals surface area contributed by atoms with Crippen molar-refractivity contribution < 1.29 is 5.11 Å². The summed E-state index contributed by atoms with van der Waals surface area (Å²) in [5.41, 5.74) is 9.81. The SMILES string of the molecule is Nc1nnc(-c2ccccc2O)cc1N1CC2CCC(C1)N2Cc1ccccc1. The molecule has 1 aromatic heterocycles. The van der Waals surface area contributed by atoms with E-state index >= 15 is 0 Å². The first kappa shape index (κ1) is 17.9. The second kappa shape index (κ2) is 7.37. The molecule has 3 aromatic rings. The molecular weight excluding hydrogens is 362 g/mol. The van der Waals surface area contributed by atoms with E-state index in [0.717, 1.165) is 25.3 Å². The third-order valence-corrected chi connectivity index (χ3v) is 6.16. The van der Waals surface area contributed by atoms with Crippen molar-refractivity contribution in [2.24, 2.45) is 0 Å². The number of piperazine rings is 1. The highest BCUT2D eigenvalue weighted by Gasteiger charge is 2.40. The van der Waals surface area contributed by atoms with Crippen LogP contribution in [0.1, 0.15) is 18.4 Å². The number of fused-ring (bicyclic) bond motifs is 2. The van der Waals surface area contributed by atoms with E-state index < -0.39 is 0 Å². The van der Waals surface area contributed by atoms with Gasteiger partial charge in [0, 0.05) is 37.3 Å². The summed E-state index contributed by atoms with van der Waals surface area (Å²) < 4.78 is 0. The summed E-state index contributed by atoms with van der Waals surface area (Å²) in [6.07, 6.45) is 2.41. The van der Waals surface area contributed by atoms with Crippen LogP contribution in [0.15, 0.2) is 60.7 Å². The monoisotopic (exact) mass is 387 g/mol. The fourth-order valence-corrected chi connectivity index (χ4v) is 4.71. The number of hydrogen-bond donors (Lipinski definition) is 2. The molecule has 5 rings (SSSR count). The summed E-state index contributed by atoms with van der Waals surface area (Å²) in [6, 6.07) is 20.9. The maximum absolute atomic E-state index is 10.2. The van der Waals surface area contributed by atoms with E-state index in [1.807, 2.05) is 18.2 Å². The van der Waals surface area contributed by atoms with Gasteiger partial charge in [0.1, 0.15) is 5.75 Å². The Bertz CT molecular complexity index is 995. The molecule has 6 nitrogen and oxygen atoms in total. The number of hydrogen-bond acceptors (Lipinski definition) is 6. The number of benzene rings is 2. The zero-order chi connectivity index (χ0) is 19.8. The van der Waals surface area contributed by atoms with E-state index in [0.29, 0.717) is 29.2 Å². The minimum atomic E-state index is 0.199. The van der Waals surface area contributed by atoms with Crippen LogP contribution >= 0.6 is 0 Å². The van der Waals surface area contributed by atoms with Crippen LogP contribution in [0.4, 0.5) is 11.5 Å². The molecule has 29 heavy (non-hydrogen) atoms. The van der Waals surface area contributed by atoms with Gasteiger partial charge in [0.2, 0.25) is 0 Å². The highest BCUT2D eigenvalue weighted by Crippen LogP contribution is 2.37. The topological polar surface area (TPSA) is 78.5 Å². The maximum atomic E-state index is 10.2. The third-order valence-electron chi connectivity index (χ3n) is 6.16. The number of nitrogens with two attached hydrogens (primary N) is 1. The van der Waals surface area contributed by atoms with E-state index in [1.54, 1.807) is 12.1 Å². The van der Waals surface area contributed by atoms with E-state index in [9.17, 15) is 5.11 Å². The average molecular weight is 387 g/mol. The van der Waals surface area contributed by atoms with Crippen molar-refractivity contribution in [1.29, 1.82) is 0 Å². The van der Waals surface area contributed by atoms with Crippen LogP contribution in [0.5, 0.6) is 5.75 Å². The predicted molar refractivity (Wildman–Crippen MR) is 115 cm³/mol. The number of phenols is 1. The molecule has 2 fully saturated rings. The smallest absolute Gasteiger partial charge is 0.169 e. The minimum Gasteiger partial charge on any atom is -0.507 e. The molecule has 2 bridgehead atoms. The highest BCUT2D eigenvalue weighted by atomic mass is 16.3. The van der Waals surface area contributed by atoms with Crippen LogP contribution in [-0.2, 0) is 6.54 Å². The largest absolute Gasteiger partial charge is 0.507 e. The van der Waals surface area contributed by atoms with Crippen LogP contribution in [0.25, 0.3) is 11.3 Å². The lowest BCUT2D eigenvalue weighted by Gasteiger charge is -2.42. The standard InChI is InChI=1S/C23H25N5O/c24-23-21(12-20(25-26-23)19-8-4-5-9-22(19)29)27-14-17-10-11-18(15-27)28(17)13-16-6-2-1-3-7-16/h1-9,12,17-18,29H,10-11,13-15H2,(H2,24,26). The molecule has 2 aliphatic heterocycles. The van der Waals surface area contributed by atoms with Crippen LogP contribution in [0.2, 0.25) is 0 Å². The number of phenolic OH excluding ortho intramolecular Hbond substituents is 1. The van der Waals surface area contributed by atoms with Crippen molar-refractivity contribution in [2.45, 2.75) is 31.5 Å². The molecule has 2 saturated heterocycles. The van der Waals surface area contributed by atoms with Gasteiger partial charge < -0.3 is 15.7 Å². The van der Waals surface area contributed by atoms with Crippen molar-refractivity contribution in [3.63, 3.8) is 0 Å². The van der Waals surface area contributed by atoms with Gasteiger partial charge in [0.05, 0.1) is 11.4 Å². The first-order chi connectivity index (χ1) is 14.2. The zero-order valence-corrected chi connectivity index (χ0v) is 16.3. The summed E-state index contributed by atoms with van der Waals surface area (Å²) in [4.78, 5) is 4.98. The molecule has 6 heteroatoms. The number of nitrogens with zero attached hydrogens (tertiary/aromatic N) is 4. The number of aromatic hydroxyl groups is 1. The number of anilines is 2. The van der Waals surface area contributed by atoms with Gasteiger partial charge in [-0.2, -0.15) is 0 Å². The molecule has 2 aromatic carbocycles. The second-order valence-corrected chi connectivity index (χ2v) is 7.97. The summed E-state index contributed by atoms with van der Waals surface area (Å²) >= 11 is 0. The summed E-state index contributed by atoms with van der Waals surface area (Å²) in [5.74, 6) is 0.644. The van der Waals surface area contributed by atoms with Gasteiger partial charge in [-0.3, -0.25) is 4.90 Å². The highest BCUT2D eigenvalue weighted by molar-refractivity contribution is 5.74. The molecular formula is C23H25N5O. The van der Waals surface area contributed by atoms with E-state index in [-0.39, 0.29) is 5.75 Å². The van der Waals surface area contributed by atoms with Crippen LogP contribution in [0, 0.1) is 0 Å². The molecule has 0 radical (unpaired) electrons. The Morgan fingerprint density at radius 2 is 1.62 bits per heavy atom. The average Bonchev–Trinajstić information content (AvgIpc) is 2.97. The second-order valence-electron chi connectivity index (χ2n) is 7.97. The number of para-hydroxylation sites is 1. The molecule has 0 saturated carbocycles. The lowest BCUT2D eigenvalue weighted by atomic mass is 10.1. The zero-order valence-electron chi connectivity index (χ0n) is 16.3. The van der Waals surface area contributed by atoms with Crippen LogP contribution in [-0.4, -0.2) is 45.4 Å². The fourth-order valence-electron chi connectivity index (χ4n) is 4.71. The molecule has 148 valence electrons. The van der Waals surface area contributed by atoms with Crippen LogP contribution < -0.4 is 10.6 Å². The molecule has 2 unspecified atom stereocenters. The Morgan fingerprint density at radius 1 is 0.931 bits per heavy atom. The van der Waals surface area contributed by atoms with Crippen molar-refractivity contribution in [2.75, 3.05) is 23.7 Å². The maximum Gasteiger partial charge on any atom is 0.169 e. The minimum absolute atomic E-state index is 0.199. The van der Waals surface area contributed by atoms with Gasteiger partial charge in [0.15, 0.2) is 5.82 Å². The molecule has 2 atom stereocenters. The quantitative estimate of drug-likeness (QED) is 0.715. The third kappa shape index (κ3) is 3.40. The summed E-state index contributed by atoms with van der Waals surface area (Å²) in [6.45, 7) is 2.86. The molecule has 0 amide bonds. The van der Waals surface area contributed by atoms with Gasteiger partial charge >= 0.3 is 0 Å². The van der Waals surface area contributed by atoms with Crippen molar-refractivity contribution in [3.05, 3.63) is 66.2 Å². The first-order valence-electron chi connectivity index (χ1n) is 10.2. The lowest BCUT2D eigenvalue weighted by Crippen LogP contribution is -2.53. The lowest BCUT2D eigenvalue weighted by molar-refractivity contribution is 0.160. The van der Waals surface area contributed by atoms with Gasteiger partial charge in [0.25, 0.3) is 0 Å². The summed E-state index contributed by atoms with van der Waals surface area (Å²) in [5, 5.41) is 18.6. The van der Waals surface area contributed by atoms with Gasteiger partial charge in [-0.25, -0.2) is 0 Å². The van der Waals surface area contributed by atoms with Crippen LogP contribution in [0.3, 0.4) is 0 Å². The number of nitrogen functional groups attached to an aromatic ring is 1. The van der Waals surface area contributed by atoms with Crippen molar-refractivity contribution >= 4 is 11.5 Å². The number of aromatic nitrogens is 2. The summed E-state index contributed by atoms with van der Waals surface area (Å²) in [7, 11) is 0. The van der Waals surface area contributed by atoms with Crippen molar-refractivity contribution in [3.8, 4) is 17.0 Å². The molecule has 2 aliphatic rings. The molecule has 0 spiro atoms. The van der Waals surface area contributed by atoms with Gasteiger partial charge in [-0.15, -0.1) is 10.2 Å². The molecule has 3 N–H and O–H groups in total. The Balaban J connectivity index is 1.39. The Labute approximate surface area is 170 Å². The Morgan fingerprint density at radius 3 is 2.34 bits per heavy atom. The van der Waals surface area contributed by atoms with E-state index in [1.165, 1.54) is 18.4 Å². The Hall–Kier alpha value is -3.12.